The summed E-state index contributed by atoms with van der Waals surface area (Å²) in [7, 11) is 0. The van der Waals surface area contributed by atoms with Crippen LogP contribution in [0.1, 0.15) is 22.5 Å². The number of hydrogen-bond acceptors (Lipinski definition) is 4. The molecule has 0 unspecified atom stereocenters. The zero-order valence-corrected chi connectivity index (χ0v) is 13.5. The first kappa shape index (κ1) is 16.5. The second-order valence-corrected chi connectivity index (χ2v) is 5.47. The quantitative estimate of drug-likeness (QED) is 0.692. The highest BCUT2D eigenvalue weighted by molar-refractivity contribution is 5.93. The van der Waals surface area contributed by atoms with Gasteiger partial charge in [-0.25, -0.2) is 4.98 Å². The van der Waals surface area contributed by atoms with Gasteiger partial charge in [-0.1, -0.05) is 12.1 Å². The zero-order valence-electron chi connectivity index (χ0n) is 13.5. The third kappa shape index (κ3) is 4.81. The van der Waals surface area contributed by atoms with Gasteiger partial charge in [0.05, 0.1) is 12.6 Å². The Morgan fingerprint density at radius 3 is 2.88 bits per heavy atom. The molecular weight excluding hydrogens is 320 g/mol. The number of carbonyl (C=O) groups excluding carboxylic acids is 2. The van der Waals surface area contributed by atoms with Gasteiger partial charge in [0.2, 0.25) is 5.91 Å². The van der Waals surface area contributed by atoms with Crippen LogP contribution in [0, 0.1) is 0 Å². The lowest BCUT2D eigenvalue weighted by atomic mass is 10.2. The molecule has 0 aliphatic carbocycles. The van der Waals surface area contributed by atoms with Gasteiger partial charge >= 0.3 is 0 Å². The van der Waals surface area contributed by atoms with Gasteiger partial charge in [-0.15, -0.1) is 0 Å². The maximum Gasteiger partial charge on any atom is 0.286 e. The van der Waals surface area contributed by atoms with Crippen LogP contribution in [0.5, 0.6) is 0 Å². The van der Waals surface area contributed by atoms with Gasteiger partial charge in [0.25, 0.3) is 5.91 Å². The number of nitrogens with zero attached hydrogens (tertiary/aromatic N) is 2. The molecule has 0 saturated carbocycles. The lowest BCUT2D eigenvalue weighted by molar-refractivity contribution is -0.116. The molecule has 0 atom stereocenters. The molecule has 3 aromatic rings. The molecule has 2 aromatic heterocycles. The molecule has 2 heterocycles. The van der Waals surface area contributed by atoms with E-state index in [0.717, 1.165) is 11.3 Å². The molecule has 0 aliphatic heterocycles. The summed E-state index contributed by atoms with van der Waals surface area (Å²) in [5.74, 6) is -0.271. The second-order valence-electron chi connectivity index (χ2n) is 5.47. The van der Waals surface area contributed by atoms with Gasteiger partial charge in [-0.2, -0.15) is 0 Å². The molecule has 128 valence electrons. The number of amides is 2. The highest BCUT2D eigenvalue weighted by Crippen LogP contribution is 2.12. The molecule has 0 radical (unpaired) electrons. The van der Waals surface area contributed by atoms with Gasteiger partial charge < -0.3 is 19.6 Å². The third-order valence-electron chi connectivity index (χ3n) is 3.52. The molecule has 7 nitrogen and oxygen atoms in total. The van der Waals surface area contributed by atoms with Crippen molar-refractivity contribution in [3.8, 4) is 0 Å². The lowest BCUT2D eigenvalue weighted by Crippen LogP contribution is -2.27. The highest BCUT2D eigenvalue weighted by Gasteiger charge is 2.09. The Labute approximate surface area is 144 Å². The minimum absolute atomic E-state index is 0.167. The molecule has 7 heteroatoms. The van der Waals surface area contributed by atoms with Crippen LogP contribution in [0.4, 0.5) is 5.69 Å². The molecule has 0 bridgehead atoms. The molecule has 1 aromatic carbocycles. The van der Waals surface area contributed by atoms with Crippen LogP contribution in [0.3, 0.4) is 0 Å². The smallest absolute Gasteiger partial charge is 0.286 e. The monoisotopic (exact) mass is 338 g/mol. The van der Waals surface area contributed by atoms with Gasteiger partial charge in [0.1, 0.15) is 0 Å². The van der Waals surface area contributed by atoms with Crippen LogP contribution >= 0.6 is 0 Å². The van der Waals surface area contributed by atoms with Crippen molar-refractivity contribution in [2.45, 2.75) is 13.0 Å². The summed E-state index contributed by atoms with van der Waals surface area (Å²) in [4.78, 5) is 27.7. The Hall–Kier alpha value is -3.35. The van der Waals surface area contributed by atoms with Crippen molar-refractivity contribution in [3.63, 3.8) is 0 Å². The number of anilines is 1. The fraction of sp³-hybridized carbons (Fsp3) is 0.167. The summed E-state index contributed by atoms with van der Waals surface area (Å²) >= 11 is 0. The van der Waals surface area contributed by atoms with E-state index in [1.165, 1.54) is 6.26 Å². The molecule has 0 saturated heterocycles. The highest BCUT2D eigenvalue weighted by atomic mass is 16.3. The first-order valence-corrected chi connectivity index (χ1v) is 7.87. The molecular formula is C18H18N4O3. The van der Waals surface area contributed by atoms with Crippen molar-refractivity contribution in [1.82, 2.24) is 14.9 Å². The first-order valence-electron chi connectivity index (χ1n) is 7.87. The van der Waals surface area contributed by atoms with Crippen LogP contribution in [-0.2, 0) is 11.3 Å². The standard InChI is InChI=1S/C18H18N4O3/c23-17(6-7-20-18(24)16-5-2-10-25-16)21-15-4-1-3-14(11-15)12-22-9-8-19-13-22/h1-5,8-11,13H,6-7,12H2,(H,20,24)(H,21,23). The average Bonchev–Trinajstić information content (AvgIpc) is 3.28. The molecule has 0 fully saturated rings. The maximum atomic E-state index is 12.0. The van der Waals surface area contributed by atoms with Gasteiger partial charge in [-0.3, -0.25) is 9.59 Å². The van der Waals surface area contributed by atoms with Crippen LogP contribution in [0.2, 0.25) is 0 Å². The van der Waals surface area contributed by atoms with E-state index in [-0.39, 0.29) is 30.5 Å². The van der Waals surface area contributed by atoms with Crippen molar-refractivity contribution in [2.75, 3.05) is 11.9 Å². The number of imidazole rings is 1. The van der Waals surface area contributed by atoms with E-state index in [1.807, 2.05) is 35.0 Å². The van der Waals surface area contributed by atoms with Crippen molar-refractivity contribution in [2.24, 2.45) is 0 Å². The Bertz CT molecular complexity index is 826. The largest absolute Gasteiger partial charge is 0.459 e. The SMILES string of the molecule is O=C(CCNC(=O)c1ccco1)Nc1cccc(Cn2ccnc2)c1. The van der Waals surface area contributed by atoms with E-state index in [1.54, 1.807) is 24.7 Å². The van der Waals surface area contributed by atoms with E-state index >= 15 is 0 Å². The summed E-state index contributed by atoms with van der Waals surface area (Å²) in [6, 6.07) is 10.8. The number of furan rings is 1. The average molecular weight is 338 g/mol. The zero-order chi connectivity index (χ0) is 17.5. The lowest BCUT2D eigenvalue weighted by Gasteiger charge is -2.08. The maximum absolute atomic E-state index is 12.0. The van der Waals surface area contributed by atoms with Crippen molar-refractivity contribution in [1.29, 1.82) is 0 Å². The summed E-state index contributed by atoms with van der Waals surface area (Å²) in [5.41, 5.74) is 1.78. The molecule has 0 aliphatic rings. The fourth-order valence-corrected chi connectivity index (χ4v) is 2.35. The Balaban J connectivity index is 1.47. The van der Waals surface area contributed by atoms with Crippen molar-refractivity contribution < 1.29 is 14.0 Å². The fourth-order valence-electron chi connectivity index (χ4n) is 2.35. The number of nitrogens with one attached hydrogen (secondary N) is 2. The molecule has 25 heavy (non-hydrogen) atoms. The van der Waals surface area contributed by atoms with E-state index < -0.39 is 0 Å². The van der Waals surface area contributed by atoms with Gasteiger partial charge in [0.15, 0.2) is 5.76 Å². The molecule has 2 amide bonds. The summed E-state index contributed by atoms with van der Waals surface area (Å²) in [6.07, 6.45) is 6.96. The van der Waals surface area contributed by atoms with Gasteiger partial charge in [-0.05, 0) is 29.8 Å². The number of hydrogen-bond donors (Lipinski definition) is 2. The normalized spacial score (nSPS) is 10.4. The predicted molar refractivity (Wildman–Crippen MR) is 92.1 cm³/mol. The van der Waals surface area contributed by atoms with E-state index in [2.05, 4.69) is 15.6 Å². The third-order valence-corrected chi connectivity index (χ3v) is 3.52. The Morgan fingerprint density at radius 1 is 1.20 bits per heavy atom. The number of rotatable bonds is 7. The summed E-state index contributed by atoms with van der Waals surface area (Å²) in [5, 5.41) is 5.47. The van der Waals surface area contributed by atoms with Crippen LogP contribution in [-0.4, -0.2) is 27.9 Å². The second kappa shape index (κ2) is 7.96. The topological polar surface area (TPSA) is 89.2 Å². The van der Waals surface area contributed by atoms with Crippen LogP contribution in [0.15, 0.2) is 65.8 Å². The number of carbonyl (C=O) groups is 2. The molecule has 3 rings (SSSR count). The molecule has 0 spiro atoms. The van der Waals surface area contributed by atoms with E-state index in [0.29, 0.717) is 6.54 Å². The van der Waals surface area contributed by atoms with E-state index in [9.17, 15) is 9.59 Å². The minimum Gasteiger partial charge on any atom is -0.459 e. The summed E-state index contributed by atoms with van der Waals surface area (Å²) < 4.78 is 6.94. The minimum atomic E-state index is -0.333. The van der Waals surface area contributed by atoms with Gasteiger partial charge in [0, 0.05) is 37.6 Å². The van der Waals surface area contributed by atoms with Crippen LogP contribution < -0.4 is 10.6 Å². The summed E-state index contributed by atoms with van der Waals surface area (Å²) in [6.45, 7) is 0.920. The Morgan fingerprint density at radius 2 is 2.12 bits per heavy atom. The molecule has 2 N–H and O–H groups in total. The van der Waals surface area contributed by atoms with Crippen molar-refractivity contribution in [3.05, 3.63) is 72.7 Å². The van der Waals surface area contributed by atoms with Crippen molar-refractivity contribution >= 4 is 17.5 Å². The predicted octanol–water partition coefficient (Wildman–Crippen LogP) is 2.28. The number of benzene rings is 1. The van der Waals surface area contributed by atoms with Crippen LogP contribution in [0.25, 0.3) is 0 Å². The van der Waals surface area contributed by atoms with E-state index in [4.69, 9.17) is 4.42 Å². The first-order chi connectivity index (χ1) is 12.2. The number of aromatic nitrogens is 2. The Kier molecular flexibility index (Phi) is 5.26.